The van der Waals surface area contributed by atoms with Gasteiger partial charge in [0.2, 0.25) is 0 Å². The Hall–Kier alpha value is -2.56. The van der Waals surface area contributed by atoms with Crippen molar-refractivity contribution in [3.63, 3.8) is 0 Å². The first-order chi connectivity index (χ1) is 9.65. The third kappa shape index (κ3) is 3.98. The molecule has 104 valence electrons. The van der Waals surface area contributed by atoms with Crippen LogP contribution in [-0.4, -0.2) is 24.0 Å². The zero-order valence-corrected chi connectivity index (χ0v) is 11.3. The van der Waals surface area contributed by atoms with Crippen LogP contribution >= 0.6 is 0 Å². The van der Waals surface area contributed by atoms with Gasteiger partial charge in [0.15, 0.2) is 0 Å². The van der Waals surface area contributed by atoms with Crippen molar-refractivity contribution in [1.29, 1.82) is 0 Å². The molecule has 0 aliphatic heterocycles. The van der Waals surface area contributed by atoms with Gasteiger partial charge in [0.25, 0.3) is 5.91 Å². The van der Waals surface area contributed by atoms with Crippen molar-refractivity contribution in [2.75, 3.05) is 18.9 Å². The fraction of sp³-hybridized carbons (Fsp3) is 0.200. The molecule has 0 aliphatic carbocycles. The zero-order chi connectivity index (χ0) is 14.4. The van der Waals surface area contributed by atoms with Crippen LogP contribution in [0.25, 0.3) is 0 Å². The topological polar surface area (TPSA) is 77.2 Å². The molecule has 0 atom stereocenters. The molecule has 1 aromatic carbocycles. The minimum Gasteiger partial charge on any atom is -0.492 e. The van der Waals surface area contributed by atoms with Crippen LogP contribution in [0, 0.1) is 6.92 Å². The van der Waals surface area contributed by atoms with Crippen LogP contribution in [0.3, 0.4) is 0 Å². The van der Waals surface area contributed by atoms with E-state index >= 15 is 0 Å². The van der Waals surface area contributed by atoms with Crippen molar-refractivity contribution >= 4 is 11.7 Å². The fourth-order valence-electron chi connectivity index (χ4n) is 1.73. The summed E-state index contributed by atoms with van der Waals surface area (Å²) in [6, 6.07) is 10.9. The second kappa shape index (κ2) is 6.56. The van der Waals surface area contributed by atoms with Crippen LogP contribution in [0.5, 0.6) is 5.75 Å². The highest BCUT2D eigenvalue weighted by Gasteiger charge is 2.05. The van der Waals surface area contributed by atoms with E-state index < -0.39 is 0 Å². The molecule has 0 radical (unpaired) electrons. The van der Waals surface area contributed by atoms with Crippen molar-refractivity contribution in [3.05, 3.63) is 53.7 Å². The molecule has 0 bridgehead atoms. The summed E-state index contributed by atoms with van der Waals surface area (Å²) in [6.45, 7) is 2.84. The van der Waals surface area contributed by atoms with Gasteiger partial charge in [0.05, 0.1) is 6.54 Å². The van der Waals surface area contributed by atoms with E-state index in [0.29, 0.717) is 24.5 Å². The summed E-state index contributed by atoms with van der Waals surface area (Å²) in [5.74, 6) is 0.938. The molecule has 0 unspecified atom stereocenters. The van der Waals surface area contributed by atoms with Crippen LogP contribution < -0.4 is 15.8 Å². The molecule has 0 saturated carbocycles. The SMILES string of the molecule is Cc1cccc(OCCNC(=O)c2ccnc(N)c2)c1. The highest BCUT2D eigenvalue weighted by Crippen LogP contribution is 2.11. The summed E-state index contributed by atoms with van der Waals surface area (Å²) in [5.41, 5.74) is 7.16. The van der Waals surface area contributed by atoms with E-state index in [9.17, 15) is 4.79 Å². The maximum atomic E-state index is 11.8. The average molecular weight is 271 g/mol. The Kier molecular flexibility index (Phi) is 4.55. The molecule has 0 saturated heterocycles. The van der Waals surface area contributed by atoms with Gasteiger partial charge in [-0.3, -0.25) is 4.79 Å². The lowest BCUT2D eigenvalue weighted by atomic mass is 10.2. The third-order valence-corrected chi connectivity index (χ3v) is 2.69. The number of hydrogen-bond donors (Lipinski definition) is 2. The Labute approximate surface area is 117 Å². The minimum atomic E-state index is -0.188. The van der Waals surface area contributed by atoms with Crippen molar-refractivity contribution in [1.82, 2.24) is 10.3 Å². The number of nitrogens with zero attached hydrogens (tertiary/aromatic N) is 1. The Bertz CT molecular complexity index is 599. The Morgan fingerprint density at radius 3 is 2.95 bits per heavy atom. The molecule has 2 rings (SSSR count). The van der Waals surface area contributed by atoms with E-state index in [4.69, 9.17) is 10.5 Å². The summed E-state index contributed by atoms with van der Waals surface area (Å²) < 4.78 is 5.55. The van der Waals surface area contributed by atoms with Gasteiger partial charge >= 0.3 is 0 Å². The number of aryl methyl sites for hydroxylation is 1. The predicted molar refractivity (Wildman–Crippen MR) is 77.7 cm³/mol. The van der Waals surface area contributed by atoms with E-state index in [0.717, 1.165) is 11.3 Å². The van der Waals surface area contributed by atoms with Crippen molar-refractivity contribution in [2.24, 2.45) is 0 Å². The second-order valence-electron chi connectivity index (χ2n) is 4.39. The third-order valence-electron chi connectivity index (χ3n) is 2.69. The first-order valence-electron chi connectivity index (χ1n) is 6.34. The van der Waals surface area contributed by atoms with Gasteiger partial charge in [0.1, 0.15) is 18.2 Å². The second-order valence-corrected chi connectivity index (χ2v) is 4.39. The molecule has 0 aliphatic rings. The maximum absolute atomic E-state index is 11.8. The van der Waals surface area contributed by atoms with Crippen molar-refractivity contribution in [3.8, 4) is 5.75 Å². The molecule has 0 spiro atoms. The molecule has 0 fully saturated rings. The molecular weight excluding hydrogens is 254 g/mol. The normalized spacial score (nSPS) is 10.1. The Balaban J connectivity index is 1.77. The zero-order valence-electron chi connectivity index (χ0n) is 11.3. The van der Waals surface area contributed by atoms with Crippen LogP contribution in [0.1, 0.15) is 15.9 Å². The molecule has 1 amide bonds. The smallest absolute Gasteiger partial charge is 0.251 e. The number of carbonyl (C=O) groups excluding carboxylic acids is 1. The largest absolute Gasteiger partial charge is 0.492 e. The Morgan fingerprint density at radius 2 is 2.20 bits per heavy atom. The molecule has 5 nitrogen and oxygen atoms in total. The van der Waals surface area contributed by atoms with Crippen LogP contribution in [0.2, 0.25) is 0 Å². The van der Waals surface area contributed by atoms with E-state index in [1.165, 1.54) is 12.3 Å². The van der Waals surface area contributed by atoms with Gasteiger partial charge in [-0.15, -0.1) is 0 Å². The lowest BCUT2D eigenvalue weighted by Crippen LogP contribution is -2.28. The lowest BCUT2D eigenvalue weighted by Gasteiger charge is -2.08. The number of rotatable bonds is 5. The van der Waals surface area contributed by atoms with Gasteiger partial charge < -0.3 is 15.8 Å². The first kappa shape index (κ1) is 13.9. The number of aromatic nitrogens is 1. The lowest BCUT2D eigenvalue weighted by molar-refractivity contribution is 0.0947. The molecule has 5 heteroatoms. The van der Waals surface area contributed by atoms with E-state index in [-0.39, 0.29) is 5.91 Å². The number of benzene rings is 1. The molecule has 1 aromatic heterocycles. The van der Waals surface area contributed by atoms with Gasteiger partial charge in [-0.25, -0.2) is 4.98 Å². The van der Waals surface area contributed by atoms with Gasteiger partial charge in [-0.05, 0) is 36.8 Å². The predicted octanol–water partition coefficient (Wildman–Crippen LogP) is 1.78. The van der Waals surface area contributed by atoms with Gasteiger partial charge in [-0.1, -0.05) is 12.1 Å². The number of hydrogen-bond acceptors (Lipinski definition) is 4. The number of nitrogen functional groups attached to an aromatic ring is 1. The summed E-state index contributed by atoms with van der Waals surface area (Å²) in [7, 11) is 0. The number of carbonyl (C=O) groups is 1. The number of anilines is 1. The maximum Gasteiger partial charge on any atom is 0.251 e. The minimum absolute atomic E-state index is 0.188. The van der Waals surface area contributed by atoms with Crippen molar-refractivity contribution < 1.29 is 9.53 Å². The van der Waals surface area contributed by atoms with Crippen LogP contribution in [0.4, 0.5) is 5.82 Å². The van der Waals surface area contributed by atoms with E-state index in [2.05, 4.69) is 10.3 Å². The molecular formula is C15H17N3O2. The molecule has 3 N–H and O–H groups in total. The quantitative estimate of drug-likeness (QED) is 0.813. The first-order valence-corrected chi connectivity index (χ1v) is 6.34. The highest BCUT2D eigenvalue weighted by atomic mass is 16.5. The average Bonchev–Trinajstić information content (AvgIpc) is 2.43. The fourth-order valence-corrected chi connectivity index (χ4v) is 1.73. The number of nitrogens with two attached hydrogens (primary N) is 1. The number of amides is 1. The van der Waals surface area contributed by atoms with E-state index in [1.807, 2.05) is 31.2 Å². The summed E-state index contributed by atoms with van der Waals surface area (Å²) in [4.78, 5) is 15.7. The van der Waals surface area contributed by atoms with Gasteiger partial charge in [0, 0.05) is 11.8 Å². The summed E-state index contributed by atoms with van der Waals surface area (Å²) >= 11 is 0. The van der Waals surface area contributed by atoms with E-state index in [1.54, 1.807) is 6.07 Å². The number of pyridine rings is 1. The van der Waals surface area contributed by atoms with Crippen LogP contribution in [-0.2, 0) is 0 Å². The van der Waals surface area contributed by atoms with Crippen molar-refractivity contribution in [2.45, 2.75) is 6.92 Å². The highest BCUT2D eigenvalue weighted by molar-refractivity contribution is 5.94. The van der Waals surface area contributed by atoms with Crippen LogP contribution in [0.15, 0.2) is 42.6 Å². The molecule has 20 heavy (non-hydrogen) atoms. The van der Waals surface area contributed by atoms with Gasteiger partial charge in [-0.2, -0.15) is 0 Å². The number of ether oxygens (including phenoxy) is 1. The molecule has 1 heterocycles. The Morgan fingerprint density at radius 1 is 1.35 bits per heavy atom. The summed E-state index contributed by atoms with van der Waals surface area (Å²) in [5, 5.41) is 2.76. The monoisotopic (exact) mass is 271 g/mol. The molecule has 2 aromatic rings. The number of nitrogens with one attached hydrogen (secondary N) is 1. The summed E-state index contributed by atoms with van der Waals surface area (Å²) in [6.07, 6.45) is 1.51. The standard InChI is InChI=1S/C15H17N3O2/c1-11-3-2-4-13(9-11)20-8-7-18-15(19)12-5-6-17-14(16)10-12/h2-6,9-10H,7-8H2,1H3,(H2,16,17)(H,18,19).